The van der Waals surface area contributed by atoms with E-state index in [0.717, 1.165) is 37.1 Å². The fourth-order valence-corrected chi connectivity index (χ4v) is 3.76. The Morgan fingerprint density at radius 3 is 2.65 bits per heavy atom. The quantitative estimate of drug-likeness (QED) is 0.870. The van der Waals surface area contributed by atoms with Crippen molar-refractivity contribution in [2.45, 2.75) is 71.1 Å². The van der Waals surface area contributed by atoms with E-state index in [-0.39, 0.29) is 17.0 Å². The van der Waals surface area contributed by atoms with E-state index in [9.17, 15) is 4.79 Å². The van der Waals surface area contributed by atoms with E-state index in [1.165, 1.54) is 0 Å². The molecule has 3 aliphatic rings. The van der Waals surface area contributed by atoms with Crippen molar-refractivity contribution in [1.29, 1.82) is 0 Å². The smallest absolute Gasteiger partial charge is 0.408 e. The number of rotatable bonds is 6. The van der Waals surface area contributed by atoms with Crippen LogP contribution in [0, 0.1) is 5.41 Å². The van der Waals surface area contributed by atoms with Crippen molar-refractivity contribution in [3.05, 3.63) is 17.5 Å². The zero-order valence-electron chi connectivity index (χ0n) is 14.4. The van der Waals surface area contributed by atoms with Crippen LogP contribution in [-0.4, -0.2) is 29.0 Å². The van der Waals surface area contributed by atoms with Gasteiger partial charge in [-0.3, -0.25) is 0 Å². The van der Waals surface area contributed by atoms with Crippen molar-refractivity contribution in [2.24, 2.45) is 5.41 Å². The summed E-state index contributed by atoms with van der Waals surface area (Å²) >= 11 is 0. The van der Waals surface area contributed by atoms with Crippen molar-refractivity contribution in [2.75, 3.05) is 6.61 Å². The number of aromatic nitrogens is 1. The van der Waals surface area contributed by atoms with Gasteiger partial charge in [0, 0.05) is 17.0 Å². The third-order valence-electron chi connectivity index (χ3n) is 4.53. The highest BCUT2D eigenvalue weighted by molar-refractivity contribution is 5.69. The summed E-state index contributed by atoms with van der Waals surface area (Å²) in [6.07, 6.45) is 3.45. The van der Waals surface area contributed by atoms with Gasteiger partial charge >= 0.3 is 6.09 Å². The molecule has 6 heteroatoms. The summed E-state index contributed by atoms with van der Waals surface area (Å²) in [7, 11) is 0. The number of hydrogen-bond acceptors (Lipinski definition) is 5. The maximum Gasteiger partial charge on any atom is 0.408 e. The second-order valence-electron chi connectivity index (χ2n) is 8.07. The molecule has 1 amide bonds. The third-order valence-corrected chi connectivity index (χ3v) is 4.53. The van der Waals surface area contributed by atoms with Crippen molar-refractivity contribution in [3.8, 4) is 0 Å². The predicted octanol–water partition coefficient (Wildman–Crippen LogP) is 3.20. The zero-order chi connectivity index (χ0) is 16.7. The first-order chi connectivity index (χ1) is 10.7. The van der Waals surface area contributed by atoms with Crippen LogP contribution in [0.25, 0.3) is 0 Å². The van der Waals surface area contributed by atoms with Gasteiger partial charge in [-0.2, -0.15) is 0 Å². The number of ether oxygens (including phenoxy) is 2. The molecule has 0 saturated heterocycles. The molecule has 3 fully saturated rings. The minimum atomic E-state index is -0.456. The lowest BCUT2D eigenvalue weighted by atomic mass is 9.39. The molecule has 2 bridgehead atoms. The molecule has 0 atom stereocenters. The molecule has 23 heavy (non-hydrogen) atoms. The Balaban J connectivity index is 1.37. The summed E-state index contributed by atoms with van der Waals surface area (Å²) in [5.41, 5.74) is 0.660. The highest BCUT2D eigenvalue weighted by Gasteiger charge is 2.68. The van der Waals surface area contributed by atoms with Gasteiger partial charge in [0.2, 0.25) is 0 Å². The summed E-state index contributed by atoms with van der Waals surface area (Å²) < 4.78 is 16.3. The van der Waals surface area contributed by atoms with Gasteiger partial charge in [-0.25, -0.2) is 4.79 Å². The molecular formula is C17H26N2O4. The van der Waals surface area contributed by atoms with Crippen LogP contribution >= 0.6 is 0 Å². The van der Waals surface area contributed by atoms with Gasteiger partial charge in [0.1, 0.15) is 12.2 Å². The minimum absolute atomic E-state index is 0.0622. The molecule has 1 aromatic heterocycles. The van der Waals surface area contributed by atoms with Gasteiger partial charge in [0.25, 0.3) is 0 Å². The van der Waals surface area contributed by atoms with Gasteiger partial charge in [-0.15, -0.1) is 0 Å². The van der Waals surface area contributed by atoms with Crippen LogP contribution in [0.1, 0.15) is 58.4 Å². The molecule has 0 aliphatic heterocycles. The average Bonchev–Trinajstić information content (AvgIpc) is 2.79. The van der Waals surface area contributed by atoms with Gasteiger partial charge in [-0.05, 0) is 46.5 Å². The Morgan fingerprint density at radius 2 is 2.09 bits per heavy atom. The summed E-state index contributed by atoms with van der Waals surface area (Å²) in [6.45, 7) is 8.82. The molecule has 0 unspecified atom stereocenters. The van der Waals surface area contributed by atoms with E-state index in [4.69, 9.17) is 14.0 Å². The minimum Gasteiger partial charge on any atom is -0.444 e. The lowest BCUT2D eigenvalue weighted by molar-refractivity contribution is -0.189. The molecule has 1 N–H and O–H groups in total. The first kappa shape index (κ1) is 16.3. The number of alkyl carbamates (subject to hydrolysis) is 1. The molecule has 3 aliphatic carbocycles. The van der Waals surface area contributed by atoms with E-state index in [1.807, 2.05) is 33.8 Å². The monoisotopic (exact) mass is 322 g/mol. The van der Waals surface area contributed by atoms with E-state index in [0.29, 0.717) is 13.2 Å². The molecule has 0 radical (unpaired) electrons. The van der Waals surface area contributed by atoms with Gasteiger partial charge < -0.3 is 19.3 Å². The Bertz CT molecular complexity index is 568. The summed E-state index contributed by atoms with van der Waals surface area (Å²) in [5, 5.41) is 6.96. The fourth-order valence-electron chi connectivity index (χ4n) is 3.76. The Hall–Kier alpha value is -1.56. The first-order valence-corrected chi connectivity index (χ1v) is 8.27. The summed E-state index contributed by atoms with van der Waals surface area (Å²) in [5.74, 6) is 0.773. The van der Waals surface area contributed by atoms with E-state index in [2.05, 4.69) is 10.5 Å². The Kier molecular flexibility index (Phi) is 3.91. The van der Waals surface area contributed by atoms with Crippen LogP contribution in [-0.2, 0) is 22.5 Å². The van der Waals surface area contributed by atoms with Gasteiger partial charge in [0.15, 0.2) is 5.76 Å². The first-order valence-electron chi connectivity index (χ1n) is 8.27. The van der Waals surface area contributed by atoms with E-state index >= 15 is 0 Å². The van der Waals surface area contributed by atoms with Crippen molar-refractivity contribution in [3.63, 3.8) is 0 Å². The second kappa shape index (κ2) is 5.51. The summed E-state index contributed by atoms with van der Waals surface area (Å²) in [4.78, 5) is 11.8. The lowest BCUT2D eigenvalue weighted by Crippen LogP contribution is -2.76. The van der Waals surface area contributed by atoms with Crippen LogP contribution < -0.4 is 5.32 Å². The molecule has 128 valence electrons. The topological polar surface area (TPSA) is 73.6 Å². The van der Waals surface area contributed by atoms with Crippen LogP contribution in [0.3, 0.4) is 0 Å². The van der Waals surface area contributed by atoms with Crippen molar-refractivity contribution >= 4 is 6.09 Å². The Labute approximate surface area is 136 Å². The zero-order valence-corrected chi connectivity index (χ0v) is 14.4. The SMILES string of the molecule is CCc1cc(COCC23CC(NC(=O)OC(C)(C)C)(C2)C3)on1. The lowest BCUT2D eigenvalue weighted by Gasteiger charge is -2.70. The number of carbonyl (C=O) groups excluding carboxylic acids is 1. The number of carbonyl (C=O) groups is 1. The van der Waals surface area contributed by atoms with Gasteiger partial charge in [-0.1, -0.05) is 12.1 Å². The van der Waals surface area contributed by atoms with Gasteiger partial charge in [0.05, 0.1) is 12.3 Å². The molecule has 4 rings (SSSR count). The van der Waals surface area contributed by atoms with Crippen molar-refractivity contribution < 1.29 is 18.8 Å². The summed E-state index contributed by atoms with van der Waals surface area (Å²) in [6, 6.07) is 1.94. The average molecular weight is 322 g/mol. The molecule has 0 spiro atoms. The molecular weight excluding hydrogens is 296 g/mol. The Morgan fingerprint density at radius 1 is 1.39 bits per heavy atom. The normalized spacial score (nSPS) is 28.7. The van der Waals surface area contributed by atoms with E-state index < -0.39 is 5.60 Å². The molecule has 1 aromatic rings. The maximum absolute atomic E-state index is 11.8. The molecule has 3 saturated carbocycles. The van der Waals surface area contributed by atoms with Crippen LogP contribution in [0.4, 0.5) is 4.79 Å². The van der Waals surface area contributed by atoms with Crippen molar-refractivity contribution in [1.82, 2.24) is 10.5 Å². The number of aryl methyl sites for hydroxylation is 1. The van der Waals surface area contributed by atoms with Crippen LogP contribution in [0.15, 0.2) is 10.6 Å². The van der Waals surface area contributed by atoms with Crippen LogP contribution in [0.2, 0.25) is 0 Å². The molecule has 0 aromatic carbocycles. The number of nitrogens with zero attached hydrogens (tertiary/aromatic N) is 1. The molecule has 1 heterocycles. The predicted molar refractivity (Wildman–Crippen MR) is 83.9 cm³/mol. The standard InChI is InChI=1S/C17H26N2O4/c1-5-12-6-13(23-19-12)7-21-11-16-8-17(9-16,10-16)18-14(20)22-15(2,3)4/h6H,5,7-11H2,1-4H3,(H,18,20). The third kappa shape index (κ3) is 3.52. The largest absolute Gasteiger partial charge is 0.444 e. The fraction of sp³-hybridized carbons (Fsp3) is 0.765. The molecule has 6 nitrogen and oxygen atoms in total. The highest BCUT2D eigenvalue weighted by Crippen LogP contribution is 2.67. The van der Waals surface area contributed by atoms with Crippen LogP contribution in [0.5, 0.6) is 0 Å². The van der Waals surface area contributed by atoms with E-state index in [1.54, 1.807) is 0 Å². The number of amides is 1. The number of nitrogens with one attached hydrogen (secondary N) is 1. The second-order valence-corrected chi connectivity index (χ2v) is 8.07. The highest BCUT2D eigenvalue weighted by atomic mass is 16.6. The maximum atomic E-state index is 11.8. The number of hydrogen-bond donors (Lipinski definition) is 1.